The fourth-order valence-electron chi connectivity index (χ4n) is 3.37. The number of aliphatic hydroxyl groups excluding tert-OH is 1. The zero-order valence-corrected chi connectivity index (χ0v) is 18.7. The van der Waals surface area contributed by atoms with E-state index in [1.54, 1.807) is 24.3 Å². The molecule has 3 amide bonds. The smallest absolute Gasteiger partial charge is 0.331 e. The van der Waals surface area contributed by atoms with E-state index < -0.39 is 11.9 Å². The van der Waals surface area contributed by atoms with Crippen molar-refractivity contribution in [2.45, 2.75) is 19.8 Å². The van der Waals surface area contributed by atoms with Crippen molar-refractivity contribution in [3.63, 3.8) is 0 Å². The van der Waals surface area contributed by atoms with Crippen molar-refractivity contribution in [1.29, 1.82) is 0 Å². The third-order valence-corrected chi connectivity index (χ3v) is 5.58. The number of amides is 3. The van der Waals surface area contributed by atoms with Crippen molar-refractivity contribution >= 4 is 35.0 Å². The Morgan fingerprint density at radius 2 is 1.88 bits per heavy atom. The van der Waals surface area contributed by atoms with E-state index in [0.717, 1.165) is 10.5 Å². The van der Waals surface area contributed by atoms with Crippen molar-refractivity contribution in [2.75, 3.05) is 38.3 Å². The number of imide groups is 1. The van der Waals surface area contributed by atoms with Crippen LogP contribution in [0.5, 0.6) is 11.5 Å². The van der Waals surface area contributed by atoms with E-state index in [-0.39, 0.29) is 38.4 Å². The number of urea groups is 1. The molecule has 2 aromatic rings. The van der Waals surface area contributed by atoms with Gasteiger partial charge in [0.2, 0.25) is 5.91 Å². The van der Waals surface area contributed by atoms with Crippen molar-refractivity contribution in [3.8, 4) is 11.5 Å². The number of hydrogen-bond acceptors (Lipinski definition) is 6. The van der Waals surface area contributed by atoms with Crippen LogP contribution in [-0.2, 0) is 4.79 Å². The topological polar surface area (TPSA) is 96.4 Å². The van der Waals surface area contributed by atoms with Gasteiger partial charge in [0.05, 0.1) is 13.7 Å². The predicted octanol–water partition coefficient (Wildman–Crippen LogP) is 3.46. The second kappa shape index (κ2) is 10.5. The van der Waals surface area contributed by atoms with Crippen LogP contribution in [0.1, 0.15) is 28.8 Å². The van der Waals surface area contributed by atoms with Gasteiger partial charge in [-0.15, -0.1) is 0 Å². The summed E-state index contributed by atoms with van der Waals surface area (Å²) in [7, 11) is 1.45. The number of ether oxygens (including phenoxy) is 2. The molecular formula is C23H25ClN2O6. The lowest BCUT2D eigenvalue weighted by molar-refractivity contribution is -0.127. The summed E-state index contributed by atoms with van der Waals surface area (Å²) in [6.07, 6.45) is -0.128. The second-order valence-corrected chi connectivity index (χ2v) is 7.68. The Hall–Kier alpha value is -3.10. The fraction of sp³-hybridized carbons (Fsp3) is 0.348. The maximum atomic E-state index is 12.7. The molecule has 8 nitrogen and oxygen atoms in total. The van der Waals surface area contributed by atoms with Crippen molar-refractivity contribution in [3.05, 3.63) is 52.5 Å². The summed E-state index contributed by atoms with van der Waals surface area (Å²) in [6.45, 7) is 2.45. The summed E-state index contributed by atoms with van der Waals surface area (Å²) in [5, 5.41) is 9.43. The first kappa shape index (κ1) is 23.6. The van der Waals surface area contributed by atoms with Crippen LogP contribution in [0.4, 0.5) is 10.5 Å². The Kier molecular flexibility index (Phi) is 7.71. The van der Waals surface area contributed by atoms with E-state index in [0.29, 0.717) is 34.3 Å². The van der Waals surface area contributed by atoms with Crippen LogP contribution in [0.2, 0.25) is 5.02 Å². The van der Waals surface area contributed by atoms with Crippen LogP contribution >= 0.6 is 11.6 Å². The summed E-state index contributed by atoms with van der Waals surface area (Å²) in [5.41, 5.74) is 1.90. The number of hydrogen-bond donors (Lipinski definition) is 1. The number of carbonyl (C=O) groups excluding carboxylic acids is 3. The molecule has 0 unspecified atom stereocenters. The van der Waals surface area contributed by atoms with E-state index in [4.69, 9.17) is 26.2 Å². The monoisotopic (exact) mass is 460 g/mol. The molecule has 0 bridgehead atoms. The lowest BCUT2D eigenvalue weighted by Gasteiger charge is -2.18. The Bertz CT molecular complexity index is 1030. The van der Waals surface area contributed by atoms with Gasteiger partial charge in [-0.2, -0.15) is 0 Å². The average molecular weight is 461 g/mol. The van der Waals surface area contributed by atoms with E-state index in [1.807, 2.05) is 13.0 Å². The third kappa shape index (κ3) is 5.20. The fourth-order valence-corrected chi connectivity index (χ4v) is 3.55. The highest BCUT2D eigenvalue weighted by atomic mass is 35.5. The first-order valence-electron chi connectivity index (χ1n) is 10.2. The number of methoxy groups -OCH3 is 1. The maximum absolute atomic E-state index is 12.7. The lowest BCUT2D eigenvalue weighted by Crippen LogP contribution is -2.36. The van der Waals surface area contributed by atoms with Crippen LogP contribution < -0.4 is 14.4 Å². The van der Waals surface area contributed by atoms with Gasteiger partial charge < -0.3 is 14.6 Å². The normalized spacial score (nSPS) is 13.4. The molecule has 3 rings (SSSR count). The molecule has 1 N–H and O–H groups in total. The molecule has 9 heteroatoms. The molecule has 0 radical (unpaired) electrons. The van der Waals surface area contributed by atoms with Crippen LogP contribution in [0.25, 0.3) is 0 Å². The number of anilines is 1. The summed E-state index contributed by atoms with van der Waals surface area (Å²) in [5.74, 6) is 0.115. The highest BCUT2D eigenvalue weighted by molar-refractivity contribution is 6.31. The highest BCUT2D eigenvalue weighted by Gasteiger charge is 2.34. The minimum Gasteiger partial charge on any atom is -0.493 e. The van der Waals surface area contributed by atoms with E-state index in [9.17, 15) is 14.4 Å². The molecule has 1 aliphatic heterocycles. The zero-order chi connectivity index (χ0) is 23.3. The molecule has 1 saturated heterocycles. The van der Waals surface area contributed by atoms with Gasteiger partial charge in [0.1, 0.15) is 6.61 Å². The molecule has 32 heavy (non-hydrogen) atoms. The number of Topliss-reactive ketones (excluding diaryl/α,β-unsaturated/α-hetero) is 1. The van der Waals surface area contributed by atoms with Gasteiger partial charge in [-0.05, 0) is 42.8 Å². The Balaban J connectivity index is 1.60. The van der Waals surface area contributed by atoms with Gasteiger partial charge in [0, 0.05) is 42.2 Å². The van der Waals surface area contributed by atoms with Crippen LogP contribution in [0.15, 0.2) is 36.4 Å². The maximum Gasteiger partial charge on any atom is 0.331 e. The van der Waals surface area contributed by atoms with Crippen molar-refractivity contribution < 1.29 is 29.0 Å². The molecule has 0 saturated carbocycles. The molecular weight excluding hydrogens is 436 g/mol. The van der Waals surface area contributed by atoms with E-state index >= 15 is 0 Å². The minimum absolute atomic E-state index is 0.0427. The summed E-state index contributed by atoms with van der Waals surface area (Å²) < 4.78 is 10.6. The molecule has 0 atom stereocenters. The number of ketones is 1. The first-order chi connectivity index (χ1) is 15.3. The van der Waals surface area contributed by atoms with E-state index in [1.165, 1.54) is 18.1 Å². The largest absolute Gasteiger partial charge is 0.493 e. The second-order valence-electron chi connectivity index (χ2n) is 7.27. The number of rotatable bonds is 9. The molecule has 1 heterocycles. The third-order valence-electron chi connectivity index (χ3n) is 5.18. The molecule has 170 valence electrons. The number of carbonyl (C=O) groups is 3. The summed E-state index contributed by atoms with van der Waals surface area (Å²) in [6, 6.07) is 9.58. The van der Waals surface area contributed by atoms with Gasteiger partial charge in [0.15, 0.2) is 17.3 Å². The number of halogens is 1. The SMILES string of the molecule is COc1cc(C(=O)CCC(=O)N2CCN(c3ccc(C)c(Cl)c3)C2=O)ccc1OCCO. The summed E-state index contributed by atoms with van der Waals surface area (Å²) >= 11 is 6.15. The Morgan fingerprint density at radius 3 is 2.56 bits per heavy atom. The highest BCUT2D eigenvalue weighted by Crippen LogP contribution is 2.29. The molecule has 0 aromatic heterocycles. The van der Waals surface area contributed by atoms with Crippen molar-refractivity contribution in [2.24, 2.45) is 0 Å². The Labute approximate surface area is 191 Å². The number of nitrogens with zero attached hydrogens (tertiary/aromatic N) is 2. The Morgan fingerprint density at radius 1 is 1.09 bits per heavy atom. The van der Waals surface area contributed by atoms with Crippen LogP contribution in [0, 0.1) is 6.92 Å². The number of aryl methyl sites for hydroxylation is 1. The number of aliphatic hydroxyl groups is 1. The molecule has 1 fully saturated rings. The minimum atomic E-state index is -0.422. The lowest BCUT2D eigenvalue weighted by atomic mass is 10.1. The molecule has 1 aliphatic rings. The van der Waals surface area contributed by atoms with E-state index in [2.05, 4.69) is 0 Å². The molecule has 0 spiro atoms. The predicted molar refractivity (Wildman–Crippen MR) is 120 cm³/mol. The van der Waals surface area contributed by atoms with Gasteiger partial charge in [-0.1, -0.05) is 17.7 Å². The average Bonchev–Trinajstić information content (AvgIpc) is 3.18. The quantitative estimate of drug-likeness (QED) is 0.576. The van der Waals surface area contributed by atoms with Crippen LogP contribution in [0.3, 0.4) is 0 Å². The van der Waals surface area contributed by atoms with Gasteiger partial charge >= 0.3 is 6.03 Å². The first-order valence-corrected chi connectivity index (χ1v) is 10.6. The van der Waals surface area contributed by atoms with Crippen molar-refractivity contribution in [1.82, 2.24) is 4.90 Å². The zero-order valence-electron chi connectivity index (χ0n) is 18.0. The number of benzene rings is 2. The van der Waals surface area contributed by atoms with Gasteiger partial charge in [-0.3, -0.25) is 19.4 Å². The van der Waals surface area contributed by atoms with Crippen LogP contribution in [-0.4, -0.2) is 61.1 Å². The summed E-state index contributed by atoms with van der Waals surface area (Å²) in [4.78, 5) is 40.6. The van der Waals surface area contributed by atoms with Gasteiger partial charge in [-0.25, -0.2) is 4.79 Å². The molecule has 0 aliphatic carbocycles. The van der Waals surface area contributed by atoms with Gasteiger partial charge in [0.25, 0.3) is 0 Å². The standard InChI is InChI=1S/C23H25ClN2O6/c1-15-3-5-17(14-18(15)24)25-9-10-26(23(25)30)22(29)8-6-19(28)16-4-7-20(32-12-11-27)21(13-16)31-2/h3-5,7,13-14,27H,6,8-12H2,1-2H3. The molecule has 2 aromatic carbocycles.